The van der Waals surface area contributed by atoms with Crippen LogP contribution >= 0.6 is 27.3 Å². The summed E-state index contributed by atoms with van der Waals surface area (Å²) in [6, 6.07) is 7.04. The van der Waals surface area contributed by atoms with Gasteiger partial charge in [-0.2, -0.15) is 0 Å². The van der Waals surface area contributed by atoms with E-state index in [1.54, 1.807) is 23.5 Å². The maximum Gasteiger partial charge on any atom is 0.123 e. The fraction of sp³-hybridized carbons (Fsp3) is 0.333. The van der Waals surface area contributed by atoms with Crippen molar-refractivity contribution in [2.45, 2.75) is 26.3 Å². The lowest BCUT2D eigenvalue weighted by atomic mass is 10.0. The summed E-state index contributed by atoms with van der Waals surface area (Å²) in [5, 5.41) is 5.63. The molecule has 0 aliphatic rings. The quantitative estimate of drug-likeness (QED) is 0.802. The van der Waals surface area contributed by atoms with E-state index in [2.05, 4.69) is 46.5 Å². The first-order chi connectivity index (χ1) is 9.11. The number of aryl methyl sites for hydroxylation is 1. The molecule has 1 aromatic carbocycles. The summed E-state index contributed by atoms with van der Waals surface area (Å²) in [7, 11) is 0. The lowest BCUT2D eigenvalue weighted by Gasteiger charge is -2.19. The zero-order chi connectivity index (χ0) is 13.8. The molecule has 1 N–H and O–H groups in total. The zero-order valence-electron chi connectivity index (χ0n) is 11.0. The van der Waals surface area contributed by atoms with Crippen LogP contribution in [0.15, 0.2) is 34.1 Å². The zero-order valence-corrected chi connectivity index (χ0v) is 13.4. The molecular weight excluding hydrogens is 325 g/mol. The molecule has 0 saturated heterocycles. The van der Waals surface area contributed by atoms with E-state index < -0.39 is 0 Å². The minimum Gasteiger partial charge on any atom is -0.306 e. The molecule has 0 fully saturated rings. The van der Waals surface area contributed by atoms with E-state index in [9.17, 15) is 4.39 Å². The molecule has 102 valence electrons. The summed E-state index contributed by atoms with van der Waals surface area (Å²) in [5.74, 6) is -0.201. The van der Waals surface area contributed by atoms with E-state index in [-0.39, 0.29) is 11.9 Å². The third kappa shape index (κ3) is 3.65. The van der Waals surface area contributed by atoms with Crippen LogP contribution in [0.2, 0.25) is 0 Å². The Hall–Kier alpha value is -0.710. The Morgan fingerprint density at radius 1 is 1.37 bits per heavy atom. The molecule has 1 atom stereocenters. The second kappa shape index (κ2) is 6.64. The molecule has 0 bridgehead atoms. The monoisotopic (exact) mass is 341 g/mol. The molecule has 1 heterocycles. The average molecular weight is 342 g/mol. The number of nitrogens with one attached hydrogen (secondary N) is 1. The van der Waals surface area contributed by atoms with Crippen molar-refractivity contribution < 1.29 is 4.39 Å². The minimum absolute atomic E-state index is 0.0370. The van der Waals surface area contributed by atoms with Crippen molar-refractivity contribution in [3.63, 3.8) is 0 Å². The van der Waals surface area contributed by atoms with Gasteiger partial charge in [0.25, 0.3) is 0 Å². The van der Waals surface area contributed by atoms with Gasteiger partial charge in [0, 0.05) is 9.35 Å². The van der Waals surface area contributed by atoms with Crippen LogP contribution in [-0.4, -0.2) is 6.54 Å². The number of rotatable bonds is 5. The van der Waals surface area contributed by atoms with Crippen LogP contribution in [0.4, 0.5) is 4.39 Å². The smallest absolute Gasteiger partial charge is 0.123 e. The Labute approximate surface area is 126 Å². The topological polar surface area (TPSA) is 12.0 Å². The predicted molar refractivity (Wildman–Crippen MR) is 83.3 cm³/mol. The molecule has 0 aliphatic heterocycles. The number of hydrogen-bond acceptors (Lipinski definition) is 2. The van der Waals surface area contributed by atoms with Crippen LogP contribution in [0, 0.1) is 12.7 Å². The molecule has 0 spiro atoms. The van der Waals surface area contributed by atoms with E-state index in [4.69, 9.17) is 0 Å². The highest BCUT2D eigenvalue weighted by molar-refractivity contribution is 9.10. The van der Waals surface area contributed by atoms with Gasteiger partial charge in [0.05, 0.1) is 6.04 Å². The Bertz CT molecular complexity index is 553. The van der Waals surface area contributed by atoms with Crippen molar-refractivity contribution >= 4 is 27.3 Å². The van der Waals surface area contributed by atoms with Gasteiger partial charge in [-0.15, -0.1) is 11.3 Å². The van der Waals surface area contributed by atoms with E-state index in [1.165, 1.54) is 16.5 Å². The summed E-state index contributed by atoms with van der Waals surface area (Å²) < 4.78 is 14.4. The maximum absolute atomic E-state index is 13.5. The second-order valence-corrected chi connectivity index (χ2v) is 6.51. The summed E-state index contributed by atoms with van der Waals surface area (Å²) in [6.45, 7) is 5.12. The minimum atomic E-state index is -0.201. The van der Waals surface area contributed by atoms with Gasteiger partial charge in [-0.05, 0) is 60.7 Å². The van der Waals surface area contributed by atoms with Crippen molar-refractivity contribution in [1.82, 2.24) is 5.32 Å². The van der Waals surface area contributed by atoms with Gasteiger partial charge in [-0.25, -0.2) is 4.39 Å². The van der Waals surface area contributed by atoms with Crippen molar-refractivity contribution in [1.29, 1.82) is 0 Å². The molecule has 1 unspecified atom stereocenters. The van der Waals surface area contributed by atoms with Crippen molar-refractivity contribution in [3.8, 4) is 0 Å². The van der Waals surface area contributed by atoms with E-state index >= 15 is 0 Å². The van der Waals surface area contributed by atoms with E-state index in [0.717, 1.165) is 23.0 Å². The molecule has 1 aromatic heterocycles. The normalized spacial score (nSPS) is 12.6. The van der Waals surface area contributed by atoms with Crippen LogP contribution in [0.1, 0.15) is 35.4 Å². The first kappa shape index (κ1) is 14.7. The second-order valence-electron chi connectivity index (χ2n) is 4.54. The molecule has 0 aliphatic carbocycles. The van der Waals surface area contributed by atoms with Crippen LogP contribution in [-0.2, 0) is 0 Å². The SMILES string of the molecule is CCCNC(c1csc(C)c1)c1cc(F)ccc1Br. The molecular formula is C15H17BrFNS. The highest BCUT2D eigenvalue weighted by atomic mass is 79.9. The number of benzene rings is 1. The third-order valence-corrected chi connectivity index (χ3v) is 4.55. The number of thiophene rings is 1. The van der Waals surface area contributed by atoms with Crippen LogP contribution in [0.3, 0.4) is 0 Å². The highest BCUT2D eigenvalue weighted by Gasteiger charge is 2.17. The Morgan fingerprint density at radius 3 is 2.79 bits per heavy atom. The number of halogens is 2. The van der Waals surface area contributed by atoms with Crippen LogP contribution in [0.5, 0.6) is 0 Å². The van der Waals surface area contributed by atoms with Gasteiger partial charge in [-0.3, -0.25) is 0 Å². The molecule has 0 saturated carbocycles. The standard InChI is InChI=1S/C15H17BrFNS/c1-3-6-18-15(11-7-10(2)19-9-11)13-8-12(17)4-5-14(13)16/h4-5,7-9,15,18H,3,6H2,1-2H3. The molecule has 0 amide bonds. The molecule has 19 heavy (non-hydrogen) atoms. The highest BCUT2D eigenvalue weighted by Crippen LogP contribution is 2.31. The Kier molecular flexibility index (Phi) is 5.13. The van der Waals surface area contributed by atoms with Gasteiger partial charge in [0.2, 0.25) is 0 Å². The summed E-state index contributed by atoms with van der Waals surface area (Å²) in [5.41, 5.74) is 2.15. The Balaban J connectivity index is 2.39. The van der Waals surface area contributed by atoms with Gasteiger partial charge >= 0.3 is 0 Å². The van der Waals surface area contributed by atoms with Crippen molar-refractivity contribution in [3.05, 3.63) is 55.9 Å². The summed E-state index contributed by atoms with van der Waals surface area (Å²) in [6.07, 6.45) is 1.05. The van der Waals surface area contributed by atoms with Crippen LogP contribution < -0.4 is 5.32 Å². The largest absolute Gasteiger partial charge is 0.306 e. The third-order valence-electron chi connectivity index (χ3n) is 2.95. The lowest BCUT2D eigenvalue weighted by Crippen LogP contribution is -2.23. The van der Waals surface area contributed by atoms with Gasteiger partial charge in [-0.1, -0.05) is 22.9 Å². The number of hydrogen-bond donors (Lipinski definition) is 1. The Morgan fingerprint density at radius 2 is 2.16 bits per heavy atom. The molecule has 2 aromatic rings. The average Bonchev–Trinajstić information content (AvgIpc) is 2.80. The fourth-order valence-corrected chi connectivity index (χ4v) is 3.25. The van der Waals surface area contributed by atoms with Crippen LogP contribution in [0.25, 0.3) is 0 Å². The lowest BCUT2D eigenvalue weighted by molar-refractivity contribution is 0.584. The molecule has 4 heteroatoms. The summed E-state index contributed by atoms with van der Waals surface area (Å²) in [4.78, 5) is 1.27. The van der Waals surface area contributed by atoms with Crippen molar-refractivity contribution in [2.75, 3.05) is 6.54 Å². The first-order valence-electron chi connectivity index (χ1n) is 6.35. The van der Waals surface area contributed by atoms with E-state index in [1.807, 2.05) is 0 Å². The maximum atomic E-state index is 13.5. The van der Waals surface area contributed by atoms with Gasteiger partial charge in [0.15, 0.2) is 0 Å². The molecule has 2 rings (SSSR count). The van der Waals surface area contributed by atoms with Gasteiger partial charge < -0.3 is 5.32 Å². The molecule has 0 radical (unpaired) electrons. The van der Waals surface area contributed by atoms with Crippen molar-refractivity contribution in [2.24, 2.45) is 0 Å². The first-order valence-corrected chi connectivity index (χ1v) is 8.02. The summed E-state index contributed by atoms with van der Waals surface area (Å²) >= 11 is 5.25. The fourth-order valence-electron chi connectivity index (χ4n) is 2.05. The van der Waals surface area contributed by atoms with E-state index in [0.29, 0.717) is 0 Å². The van der Waals surface area contributed by atoms with Gasteiger partial charge in [0.1, 0.15) is 5.82 Å². The molecule has 1 nitrogen and oxygen atoms in total. The predicted octanol–water partition coefficient (Wildman–Crippen LogP) is 5.05.